The Labute approximate surface area is 91.6 Å². The minimum absolute atomic E-state index is 0.0144. The third-order valence-electron chi connectivity index (χ3n) is 1.76. The highest BCUT2D eigenvalue weighted by atomic mass is 79.9. The summed E-state index contributed by atoms with van der Waals surface area (Å²) in [6, 6.07) is 7.73. The fraction of sp³-hybridized carbons (Fsp3) is 0.182. The lowest BCUT2D eigenvalue weighted by Crippen LogP contribution is -1.85. The maximum absolute atomic E-state index is 9.01. The Kier molecular flexibility index (Phi) is 4.37. The standard InChI is InChI=1S/C11H10BrNO/c12-11-5-4-9(3-1-2-6-13)7-10(11)8-14/h1,3-5,7,14H,2,8H2. The molecule has 0 radical (unpaired) electrons. The van der Waals surface area contributed by atoms with Crippen LogP contribution in [0.1, 0.15) is 17.5 Å². The van der Waals surface area contributed by atoms with Gasteiger partial charge in [0.25, 0.3) is 0 Å². The lowest BCUT2D eigenvalue weighted by atomic mass is 10.1. The molecular formula is C11H10BrNO. The van der Waals surface area contributed by atoms with Crippen molar-refractivity contribution in [3.63, 3.8) is 0 Å². The largest absolute Gasteiger partial charge is 0.392 e. The molecule has 2 nitrogen and oxygen atoms in total. The molecule has 72 valence electrons. The van der Waals surface area contributed by atoms with E-state index in [1.807, 2.05) is 30.3 Å². The summed E-state index contributed by atoms with van der Waals surface area (Å²) < 4.78 is 0.900. The molecule has 0 aliphatic heterocycles. The monoisotopic (exact) mass is 251 g/mol. The number of halogens is 1. The fourth-order valence-corrected chi connectivity index (χ4v) is 1.44. The number of nitriles is 1. The molecule has 0 saturated heterocycles. The Hall–Kier alpha value is -1.11. The van der Waals surface area contributed by atoms with Gasteiger partial charge < -0.3 is 5.11 Å². The van der Waals surface area contributed by atoms with E-state index in [2.05, 4.69) is 15.9 Å². The zero-order valence-corrected chi connectivity index (χ0v) is 9.16. The van der Waals surface area contributed by atoms with Crippen molar-refractivity contribution in [1.82, 2.24) is 0 Å². The predicted octanol–water partition coefficient (Wildman–Crippen LogP) is 2.87. The second-order valence-electron chi connectivity index (χ2n) is 2.77. The topological polar surface area (TPSA) is 44.0 Å². The second kappa shape index (κ2) is 5.58. The summed E-state index contributed by atoms with van der Waals surface area (Å²) in [6.45, 7) is 0.0144. The molecule has 0 spiro atoms. The van der Waals surface area contributed by atoms with Crippen molar-refractivity contribution in [3.8, 4) is 6.07 Å². The Morgan fingerprint density at radius 2 is 2.29 bits per heavy atom. The van der Waals surface area contributed by atoms with Crippen molar-refractivity contribution in [2.24, 2.45) is 0 Å². The average Bonchev–Trinajstić information content (AvgIpc) is 2.21. The van der Waals surface area contributed by atoms with Gasteiger partial charge >= 0.3 is 0 Å². The van der Waals surface area contributed by atoms with Gasteiger partial charge in [0.15, 0.2) is 0 Å². The van der Waals surface area contributed by atoms with Gasteiger partial charge in [-0.15, -0.1) is 0 Å². The molecule has 0 unspecified atom stereocenters. The summed E-state index contributed by atoms with van der Waals surface area (Å²) in [6.07, 6.45) is 4.07. The first-order chi connectivity index (χ1) is 6.77. The number of nitrogens with zero attached hydrogens (tertiary/aromatic N) is 1. The molecule has 3 heteroatoms. The molecule has 0 fully saturated rings. The van der Waals surface area contributed by atoms with Gasteiger partial charge in [-0.25, -0.2) is 0 Å². The Morgan fingerprint density at radius 3 is 2.93 bits per heavy atom. The van der Waals surface area contributed by atoms with Crippen LogP contribution in [0, 0.1) is 11.3 Å². The minimum Gasteiger partial charge on any atom is -0.392 e. The van der Waals surface area contributed by atoms with Crippen LogP contribution < -0.4 is 0 Å². The van der Waals surface area contributed by atoms with Gasteiger partial charge in [0.1, 0.15) is 0 Å². The van der Waals surface area contributed by atoms with E-state index in [9.17, 15) is 0 Å². The molecule has 1 rings (SSSR count). The lowest BCUT2D eigenvalue weighted by molar-refractivity contribution is 0.281. The SMILES string of the molecule is N#CCC=Cc1ccc(Br)c(CO)c1. The third kappa shape index (κ3) is 2.99. The summed E-state index contributed by atoms with van der Waals surface area (Å²) in [7, 11) is 0. The van der Waals surface area contributed by atoms with Crippen molar-refractivity contribution >= 4 is 22.0 Å². The number of aliphatic hydroxyl groups is 1. The molecule has 0 saturated carbocycles. The van der Waals surface area contributed by atoms with E-state index in [0.29, 0.717) is 6.42 Å². The Balaban J connectivity index is 2.85. The van der Waals surface area contributed by atoms with Crippen LogP contribution in [0.3, 0.4) is 0 Å². The lowest BCUT2D eigenvalue weighted by Gasteiger charge is -2.01. The van der Waals surface area contributed by atoms with Gasteiger partial charge in [-0.05, 0) is 23.3 Å². The Morgan fingerprint density at radius 1 is 1.50 bits per heavy atom. The molecule has 1 aromatic carbocycles. The van der Waals surface area contributed by atoms with Crippen LogP contribution in [0.4, 0.5) is 0 Å². The first kappa shape index (κ1) is 11.0. The highest BCUT2D eigenvalue weighted by Crippen LogP contribution is 2.19. The molecule has 0 aliphatic rings. The van der Waals surface area contributed by atoms with Crippen LogP contribution >= 0.6 is 15.9 Å². The smallest absolute Gasteiger partial charge is 0.0693 e. The van der Waals surface area contributed by atoms with Gasteiger partial charge in [0.05, 0.1) is 19.1 Å². The maximum atomic E-state index is 9.01. The van der Waals surface area contributed by atoms with Crippen molar-refractivity contribution < 1.29 is 5.11 Å². The second-order valence-corrected chi connectivity index (χ2v) is 3.63. The normalized spacial score (nSPS) is 10.4. The van der Waals surface area contributed by atoms with Crippen LogP contribution in [0.25, 0.3) is 6.08 Å². The summed E-state index contributed by atoms with van der Waals surface area (Å²) in [4.78, 5) is 0. The van der Waals surface area contributed by atoms with E-state index in [1.54, 1.807) is 6.08 Å². The summed E-state index contributed by atoms with van der Waals surface area (Å²) in [5.74, 6) is 0. The molecule has 14 heavy (non-hydrogen) atoms. The van der Waals surface area contributed by atoms with Gasteiger partial charge in [0, 0.05) is 4.47 Å². The summed E-state index contributed by atoms with van der Waals surface area (Å²) in [5, 5.41) is 17.3. The zero-order chi connectivity index (χ0) is 10.4. The number of allylic oxidation sites excluding steroid dienone is 1. The van der Waals surface area contributed by atoms with Crippen LogP contribution in [0.2, 0.25) is 0 Å². The molecule has 1 N–H and O–H groups in total. The van der Waals surface area contributed by atoms with Crippen LogP contribution in [0.15, 0.2) is 28.7 Å². The number of benzene rings is 1. The summed E-state index contributed by atoms with van der Waals surface area (Å²) >= 11 is 3.34. The van der Waals surface area contributed by atoms with E-state index in [4.69, 9.17) is 10.4 Å². The quantitative estimate of drug-likeness (QED) is 0.898. The highest BCUT2D eigenvalue weighted by molar-refractivity contribution is 9.10. The van der Waals surface area contributed by atoms with E-state index in [-0.39, 0.29) is 6.61 Å². The van der Waals surface area contributed by atoms with Crippen LogP contribution in [-0.2, 0) is 6.61 Å². The van der Waals surface area contributed by atoms with Gasteiger partial charge in [-0.2, -0.15) is 5.26 Å². The first-order valence-electron chi connectivity index (χ1n) is 4.20. The Bertz CT molecular complexity index is 379. The molecule has 1 aromatic rings. The predicted molar refractivity (Wildman–Crippen MR) is 59.3 cm³/mol. The van der Waals surface area contributed by atoms with Crippen molar-refractivity contribution in [3.05, 3.63) is 39.9 Å². The fourth-order valence-electron chi connectivity index (χ4n) is 1.07. The average molecular weight is 252 g/mol. The van der Waals surface area contributed by atoms with Crippen LogP contribution in [0.5, 0.6) is 0 Å². The zero-order valence-electron chi connectivity index (χ0n) is 7.57. The third-order valence-corrected chi connectivity index (χ3v) is 2.53. The first-order valence-corrected chi connectivity index (χ1v) is 5.00. The number of aliphatic hydroxyl groups excluding tert-OH is 1. The summed E-state index contributed by atoms with van der Waals surface area (Å²) in [5.41, 5.74) is 1.84. The molecule has 0 amide bonds. The molecule has 0 bridgehead atoms. The van der Waals surface area contributed by atoms with Gasteiger partial charge in [-0.3, -0.25) is 0 Å². The van der Waals surface area contributed by atoms with Gasteiger partial charge in [0.2, 0.25) is 0 Å². The molecular weight excluding hydrogens is 242 g/mol. The van der Waals surface area contributed by atoms with Crippen molar-refractivity contribution in [2.45, 2.75) is 13.0 Å². The van der Waals surface area contributed by atoms with E-state index >= 15 is 0 Å². The molecule has 0 heterocycles. The van der Waals surface area contributed by atoms with E-state index in [1.165, 1.54) is 0 Å². The number of rotatable bonds is 3. The molecule has 0 aromatic heterocycles. The molecule has 0 aliphatic carbocycles. The van der Waals surface area contributed by atoms with Gasteiger partial charge in [-0.1, -0.05) is 34.1 Å². The van der Waals surface area contributed by atoms with Crippen LogP contribution in [-0.4, -0.2) is 5.11 Å². The van der Waals surface area contributed by atoms with E-state index < -0.39 is 0 Å². The minimum atomic E-state index is 0.0144. The van der Waals surface area contributed by atoms with E-state index in [0.717, 1.165) is 15.6 Å². The number of hydrogen-bond acceptors (Lipinski definition) is 2. The molecule has 0 atom stereocenters. The van der Waals surface area contributed by atoms with Crippen molar-refractivity contribution in [1.29, 1.82) is 5.26 Å². The van der Waals surface area contributed by atoms with Crippen molar-refractivity contribution in [2.75, 3.05) is 0 Å². The highest BCUT2D eigenvalue weighted by Gasteiger charge is 1.97. The number of hydrogen-bond donors (Lipinski definition) is 1. The maximum Gasteiger partial charge on any atom is 0.0693 e.